The van der Waals surface area contributed by atoms with Gasteiger partial charge in [0.15, 0.2) is 0 Å². The van der Waals surface area contributed by atoms with E-state index in [0.717, 1.165) is 11.3 Å². The minimum atomic E-state index is -3.67. The van der Waals surface area contributed by atoms with Gasteiger partial charge in [0.25, 0.3) is 0 Å². The Bertz CT molecular complexity index is 1180. The van der Waals surface area contributed by atoms with Crippen LogP contribution >= 0.6 is 11.6 Å². The van der Waals surface area contributed by atoms with Crippen LogP contribution in [0.5, 0.6) is 0 Å². The smallest absolute Gasteiger partial charge is 0.306 e. The molecule has 1 atom stereocenters. The average Bonchev–Trinajstić information content (AvgIpc) is 3.22. The minimum absolute atomic E-state index is 0.0915. The predicted molar refractivity (Wildman–Crippen MR) is 126 cm³/mol. The van der Waals surface area contributed by atoms with Crippen molar-refractivity contribution in [2.45, 2.75) is 24.7 Å². The highest BCUT2D eigenvalue weighted by atomic mass is 35.5. The van der Waals surface area contributed by atoms with E-state index < -0.39 is 21.9 Å². The summed E-state index contributed by atoms with van der Waals surface area (Å²) < 4.78 is 28.0. The van der Waals surface area contributed by atoms with Gasteiger partial charge in [0.1, 0.15) is 0 Å². The number of hydrogen-bond acceptors (Lipinski definition) is 5. The van der Waals surface area contributed by atoms with Crippen LogP contribution in [0.15, 0.2) is 47.4 Å². The fourth-order valence-corrected chi connectivity index (χ4v) is 5.92. The van der Waals surface area contributed by atoms with Crippen molar-refractivity contribution in [3.8, 4) is 0 Å². The van der Waals surface area contributed by atoms with Crippen molar-refractivity contribution in [2.75, 3.05) is 42.5 Å². The number of sulfonamides is 1. The summed E-state index contributed by atoms with van der Waals surface area (Å²) in [4.78, 5) is 27.5. The van der Waals surface area contributed by atoms with Gasteiger partial charge < -0.3 is 14.9 Å². The van der Waals surface area contributed by atoms with E-state index in [4.69, 9.17) is 16.7 Å². The predicted octanol–water partition coefficient (Wildman–Crippen LogP) is 2.85. The summed E-state index contributed by atoms with van der Waals surface area (Å²) in [5.74, 6) is -2.05. The first-order valence-electron chi connectivity index (χ1n) is 10.8. The third-order valence-corrected chi connectivity index (χ3v) is 8.33. The quantitative estimate of drug-likeness (QED) is 0.667. The molecule has 2 heterocycles. The van der Waals surface area contributed by atoms with Gasteiger partial charge in [-0.25, -0.2) is 8.42 Å². The zero-order valence-corrected chi connectivity index (χ0v) is 19.8. The van der Waals surface area contributed by atoms with E-state index in [1.54, 1.807) is 23.1 Å². The molecule has 0 aliphatic carbocycles. The Morgan fingerprint density at radius 3 is 2.45 bits per heavy atom. The molecule has 1 amide bonds. The topological polar surface area (TPSA) is 98.2 Å². The molecule has 2 aromatic rings. The van der Waals surface area contributed by atoms with Crippen LogP contribution < -0.4 is 9.80 Å². The van der Waals surface area contributed by atoms with Crippen molar-refractivity contribution in [3.05, 3.63) is 53.1 Å². The number of piperazine rings is 1. The molecule has 1 unspecified atom stereocenters. The summed E-state index contributed by atoms with van der Waals surface area (Å²) in [6, 6.07) is 12.3. The lowest BCUT2D eigenvalue weighted by atomic mass is 10.1. The van der Waals surface area contributed by atoms with Gasteiger partial charge in [-0.2, -0.15) is 4.31 Å². The van der Waals surface area contributed by atoms with Gasteiger partial charge in [-0.3, -0.25) is 9.59 Å². The second-order valence-corrected chi connectivity index (χ2v) is 10.8. The first-order valence-corrected chi connectivity index (χ1v) is 12.7. The first kappa shape index (κ1) is 23.5. The summed E-state index contributed by atoms with van der Waals surface area (Å²) in [6.07, 6.45) is 0.445. The molecule has 0 saturated carbocycles. The maximum absolute atomic E-state index is 13.3. The summed E-state index contributed by atoms with van der Waals surface area (Å²) in [6.45, 7) is 3.78. The lowest BCUT2D eigenvalue weighted by molar-refractivity contribution is -0.143. The maximum atomic E-state index is 13.3. The number of carbonyl (C=O) groups excluding carboxylic acids is 1. The molecule has 176 valence electrons. The molecule has 0 spiro atoms. The van der Waals surface area contributed by atoms with Crippen LogP contribution in [0.25, 0.3) is 0 Å². The first-order chi connectivity index (χ1) is 15.7. The largest absolute Gasteiger partial charge is 0.481 e. The van der Waals surface area contributed by atoms with E-state index >= 15 is 0 Å². The fourth-order valence-electron chi connectivity index (χ4n) is 4.27. The Hall–Kier alpha value is -2.62. The highest BCUT2D eigenvalue weighted by molar-refractivity contribution is 7.89. The number of hydrogen-bond donors (Lipinski definition) is 1. The van der Waals surface area contributed by atoms with E-state index in [-0.39, 0.29) is 17.2 Å². The number of carbonyl (C=O) groups is 2. The highest BCUT2D eigenvalue weighted by Gasteiger charge is 2.32. The average molecular weight is 492 g/mol. The van der Waals surface area contributed by atoms with Crippen LogP contribution in [-0.2, 0) is 26.0 Å². The van der Waals surface area contributed by atoms with E-state index in [1.165, 1.54) is 17.3 Å². The maximum Gasteiger partial charge on any atom is 0.306 e. The number of carboxylic acids is 1. The summed E-state index contributed by atoms with van der Waals surface area (Å²) in [7, 11) is -3.67. The van der Waals surface area contributed by atoms with Crippen LogP contribution in [0.1, 0.15) is 18.9 Å². The third kappa shape index (κ3) is 4.85. The molecule has 1 fully saturated rings. The van der Waals surface area contributed by atoms with Gasteiger partial charge in [-0.15, -0.1) is 0 Å². The molecule has 1 saturated heterocycles. The molecule has 10 heteroatoms. The number of halogens is 1. The lowest BCUT2D eigenvalue weighted by Crippen LogP contribution is -2.48. The number of amides is 1. The molecule has 0 radical (unpaired) electrons. The molecule has 0 bridgehead atoms. The highest BCUT2D eigenvalue weighted by Crippen LogP contribution is 2.32. The van der Waals surface area contributed by atoms with Crippen molar-refractivity contribution >= 4 is 44.9 Å². The van der Waals surface area contributed by atoms with Gasteiger partial charge in [0, 0.05) is 55.5 Å². The van der Waals surface area contributed by atoms with Crippen LogP contribution in [0.2, 0.25) is 5.02 Å². The monoisotopic (exact) mass is 491 g/mol. The van der Waals surface area contributed by atoms with E-state index in [1.807, 2.05) is 18.2 Å². The molecule has 33 heavy (non-hydrogen) atoms. The Morgan fingerprint density at radius 1 is 1.06 bits per heavy atom. The molecular weight excluding hydrogens is 466 g/mol. The number of benzene rings is 2. The molecule has 8 nitrogen and oxygen atoms in total. The van der Waals surface area contributed by atoms with Crippen molar-refractivity contribution in [1.29, 1.82) is 0 Å². The van der Waals surface area contributed by atoms with E-state index in [9.17, 15) is 18.0 Å². The van der Waals surface area contributed by atoms with Crippen molar-refractivity contribution < 1.29 is 23.1 Å². The standard InChI is InChI=1S/C23H26ClN3O5S/c1-16(23(29)30)13-22(28)27-8-7-17-14-20(5-6-21(17)27)33(31,32)26-11-9-25(10-12-26)19-4-2-3-18(24)15-19/h2-6,14-16H,7-13H2,1H3,(H,29,30). The van der Waals surface area contributed by atoms with Gasteiger partial charge in [0.05, 0.1) is 10.8 Å². The zero-order valence-electron chi connectivity index (χ0n) is 18.3. The van der Waals surface area contributed by atoms with Crippen LogP contribution in [0, 0.1) is 5.92 Å². The summed E-state index contributed by atoms with van der Waals surface area (Å²) in [5.41, 5.74) is 2.41. The number of aliphatic carboxylic acids is 1. The second-order valence-electron chi connectivity index (χ2n) is 8.40. The van der Waals surface area contributed by atoms with E-state index in [0.29, 0.717) is 49.9 Å². The van der Waals surface area contributed by atoms with Gasteiger partial charge in [0.2, 0.25) is 15.9 Å². The zero-order chi connectivity index (χ0) is 23.8. The van der Waals surface area contributed by atoms with Gasteiger partial charge in [-0.05, 0) is 48.4 Å². The molecule has 2 aliphatic rings. The number of carboxylic acid groups (broad SMARTS) is 1. The van der Waals surface area contributed by atoms with Crippen molar-refractivity contribution in [2.24, 2.45) is 5.92 Å². The number of fused-ring (bicyclic) bond motifs is 1. The molecule has 1 N–H and O–H groups in total. The Labute approximate surface area is 198 Å². The Balaban J connectivity index is 1.45. The third-order valence-electron chi connectivity index (χ3n) is 6.20. The summed E-state index contributed by atoms with van der Waals surface area (Å²) >= 11 is 6.08. The van der Waals surface area contributed by atoms with Crippen LogP contribution in [0.3, 0.4) is 0 Å². The Kier molecular flexibility index (Phi) is 6.65. The minimum Gasteiger partial charge on any atom is -0.481 e. The number of rotatable bonds is 6. The van der Waals surface area contributed by atoms with Crippen LogP contribution in [0.4, 0.5) is 11.4 Å². The van der Waals surface area contributed by atoms with Gasteiger partial charge in [-0.1, -0.05) is 24.6 Å². The molecule has 2 aromatic carbocycles. The lowest BCUT2D eigenvalue weighted by Gasteiger charge is -2.35. The summed E-state index contributed by atoms with van der Waals surface area (Å²) in [5, 5.41) is 9.71. The normalized spacial score (nSPS) is 17.6. The Morgan fingerprint density at radius 2 is 1.79 bits per heavy atom. The van der Waals surface area contributed by atoms with Crippen LogP contribution in [-0.4, -0.2) is 62.4 Å². The van der Waals surface area contributed by atoms with Gasteiger partial charge >= 0.3 is 5.97 Å². The molecule has 2 aliphatic heterocycles. The fraction of sp³-hybridized carbons (Fsp3) is 0.391. The molecule has 4 rings (SSSR count). The van der Waals surface area contributed by atoms with Crippen molar-refractivity contribution in [3.63, 3.8) is 0 Å². The van der Waals surface area contributed by atoms with E-state index in [2.05, 4.69) is 4.90 Å². The number of nitrogens with zero attached hydrogens (tertiary/aromatic N) is 3. The van der Waals surface area contributed by atoms with Crippen molar-refractivity contribution in [1.82, 2.24) is 4.31 Å². The molecule has 0 aromatic heterocycles. The number of anilines is 2. The molecular formula is C23H26ClN3O5S. The second kappa shape index (κ2) is 9.32. The SMILES string of the molecule is CC(CC(=O)N1CCc2cc(S(=O)(=O)N3CCN(c4cccc(Cl)c4)CC3)ccc21)C(=O)O.